The number of rotatable bonds is 8. The van der Waals surface area contributed by atoms with Gasteiger partial charge in [-0.15, -0.1) is 0 Å². The highest BCUT2D eigenvalue weighted by molar-refractivity contribution is 6.08. The first-order valence-corrected chi connectivity index (χ1v) is 14.4. The molecular formula is C38H28FN3O3. The molecule has 0 radical (unpaired) electrons. The van der Waals surface area contributed by atoms with Crippen molar-refractivity contribution in [2.75, 3.05) is 0 Å². The summed E-state index contributed by atoms with van der Waals surface area (Å²) in [6.07, 6.45) is 1.93. The summed E-state index contributed by atoms with van der Waals surface area (Å²) in [6, 6.07) is 36.0. The van der Waals surface area contributed by atoms with Gasteiger partial charge in [0.1, 0.15) is 5.82 Å². The first-order chi connectivity index (χ1) is 21.8. The second kappa shape index (κ2) is 12.3. The Labute approximate surface area is 259 Å². The van der Waals surface area contributed by atoms with Crippen LogP contribution >= 0.6 is 0 Å². The molecule has 220 valence electrons. The van der Waals surface area contributed by atoms with E-state index >= 15 is 0 Å². The minimum Gasteiger partial charge on any atom is -0.478 e. The molecule has 2 N–H and O–H groups in total. The van der Waals surface area contributed by atoms with Crippen molar-refractivity contribution in [2.45, 2.75) is 19.5 Å². The van der Waals surface area contributed by atoms with Gasteiger partial charge in [-0.25, -0.2) is 9.18 Å². The molecule has 0 bridgehead atoms. The first-order valence-electron chi connectivity index (χ1n) is 14.4. The van der Waals surface area contributed by atoms with Crippen LogP contribution in [-0.4, -0.2) is 21.6 Å². The molecule has 1 amide bonds. The number of nitriles is 1. The largest absolute Gasteiger partial charge is 0.478 e. The van der Waals surface area contributed by atoms with E-state index < -0.39 is 17.8 Å². The van der Waals surface area contributed by atoms with Gasteiger partial charge in [-0.3, -0.25) is 4.79 Å². The molecule has 6 rings (SSSR count). The Kier molecular flexibility index (Phi) is 7.96. The number of carboxylic acid groups (broad SMARTS) is 1. The number of halogens is 1. The topological polar surface area (TPSA) is 95.1 Å². The van der Waals surface area contributed by atoms with Crippen molar-refractivity contribution >= 4 is 22.8 Å². The minimum atomic E-state index is -1.02. The molecule has 0 spiro atoms. The maximum absolute atomic E-state index is 14.4. The van der Waals surface area contributed by atoms with E-state index in [1.807, 2.05) is 66.2 Å². The molecule has 6 aromatic rings. The van der Waals surface area contributed by atoms with Crippen LogP contribution in [0.5, 0.6) is 0 Å². The maximum atomic E-state index is 14.4. The van der Waals surface area contributed by atoms with Gasteiger partial charge in [0, 0.05) is 18.1 Å². The summed E-state index contributed by atoms with van der Waals surface area (Å²) in [4.78, 5) is 25.3. The molecule has 0 aliphatic rings. The zero-order chi connectivity index (χ0) is 31.5. The second-order valence-electron chi connectivity index (χ2n) is 10.9. The van der Waals surface area contributed by atoms with Crippen LogP contribution in [0.15, 0.2) is 121 Å². The number of aromatic carboxylic acids is 1. The quantitative estimate of drug-likeness (QED) is 0.186. The van der Waals surface area contributed by atoms with E-state index in [9.17, 15) is 24.3 Å². The molecule has 0 aliphatic carbocycles. The number of aromatic nitrogens is 1. The molecule has 0 aliphatic heterocycles. The molecule has 45 heavy (non-hydrogen) atoms. The number of fused-ring (bicyclic) bond motifs is 1. The lowest BCUT2D eigenvalue weighted by Gasteiger charge is -2.17. The summed E-state index contributed by atoms with van der Waals surface area (Å²) < 4.78 is 16.5. The number of benzene rings is 5. The van der Waals surface area contributed by atoms with E-state index in [4.69, 9.17) is 0 Å². The summed E-state index contributed by atoms with van der Waals surface area (Å²) in [7, 11) is 0. The predicted molar refractivity (Wildman–Crippen MR) is 172 cm³/mol. The molecule has 0 fully saturated rings. The normalized spacial score (nSPS) is 11.6. The standard InChI is InChI=1S/C38H28FN3O3/c1-24(27-10-12-29(13-11-27)38(44)45)41-37(43)35-21-33(32-17-26(22-40)18-34(39)20-32)19-31-14-15-42(36(31)35)23-25-6-5-9-30(16-25)28-7-3-2-4-8-28/h2-21,24H,23H2,1H3,(H,41,43)(H,44,45)/t24-/m0/s1. The lowest BCUT2D eigenvalue weighted by Crippen LogP contribution is -2.27. The Morgan fingerprint density at radius 1 is 0.844 bits per heavy atom. The smallest absolute Gasteiger partial charge is 0.335 e. The number of carbonyl (C=O) groups is 2. The molecule has 5 aromatic carbocycles. The number of nitrogens with one attached hydrogen (secondary N) is 1. The summed E-state index contributed by atoms with van der Waals surface area (Å²) in [5.74, 6) is -1.90. The number of hydrogen-bond donors (Lipinski definition) is 2. The molecule has 0 saturated carbocycles. The van der Waals surface area contributed by atoms with E-state index in [0.717, 1.165) is 27.6 Å². The third-order valence-corrected chi connectivity index (χ3v) is 7.86. The zero-order valence-electron chi connectivity index (χ0n) is 24.4. The number of amides is 1. The molecular weight excluding hydrogens is 565 g/mol. The van der Waals surface area contributed by atoms with Crippen LogP contribution in [0.2, 0.25) is 0 Å². The molecule has 1 heterocycles. The fourth-order valence-corrected chi connectivity index (χ4v) is 5.59. The van der Waals surface area contributed by atoms with E-state index in [1.165, 1.54) is 24.3 Å². The second-order valence-corrected chi connectivity index (χ2v) is 10.9. The predicted octanol–water partition coefficient (Wildman–Crippen LogP) is 8.22. The van der Waals surface area contributed by atoms with Crippen molar-refractivity contribution in [3.8, 4) is 28.3 Å². The minimum absolute atomic E-state index is 0.160. The Morgan fingerprint density at radius 2 is 1.58 bits per heavy atom. The number of nitrogens with zero attached hydrogens (tertiary/aromatic N) is 2. The van der Waals surface area contributed by atoms with Crippen molar-refractivity contribution < 1.29 is 19.1 Å². The fraction of sp³-hybridized carbons (Fsp3) is 0.0789. The lowest BCUT2D eigenvalue weighted by molar-refractivity contribution is 0.0696. The highest BCUT2D eigenvalue weighted by Crippen LogP contribution is 2.31. The zero-order valence-corrected chi connectivity index (χ0v) is 24.4. The van der Waals surface area contributed by atoms with Gasteiger partial charge in [0.2, 0.25) is 0 Å². The van der Waals surface area contributed by atoms with Crippen LogP contribution in [0.3, 0.4) is 0 Å². The van der Waals surface area contributed by atoms with Crippen molar-refractivity contribution in [1.29, 1.82) is 5.26 Å². The average molecular weight is 594 g/mol. The maximum Gasteiger partial charge on any atom is 0.335 e. The Morgan fingerprint density at radius 3 is 2.31 bits per heavy atom. The third kappa shape index (κ3) is 6.22. The molecule has 7 heteroatoms. The molecule has 6 nitrogen and oxygen atoms in total. The van der Waals surface area contributed by atoms with E-state index in [2.05, 4.69) is 29.6 Å². The van der Waals surface area contributed by atoms with Gasteiger partial charge < -0.3 is 15.0 Å². The molecule has 1 aromatic heterocycles. The van der Waals surface area contributed by atoms with Crippen molar-refractivity contribution in [2.24, 2.45) is 0 Å². The summed E-state index contributed by atoms with van der Waals surface area (Å²) in [5.41, 5.74) is 6.55. The van der Waals surface area contributed by atoms with Gasteiger partial charge in [0.15, 0.2) is 0 Å². The van der Waals surface area contributed by atoms with Gasteiger partial charge in [-0.05, 0) is 94.9 Å². The van der Waals surface area contributed by atoms with E-state index in [-0.39, 0.29) is 17.0 Å². The average Bonchev–Trinajstić information content (AvgIpc) is 3.46. The SMILES string of the molecule is C[C@H](NC(=O)c1cc(-c2cc(F)cc(C#N)c2)cc2ccn(Cc3cccc(-c4ccccc4)c3)c12)c1ccc(C(=O)O)cc1. The highest BCUT2D eigenvalue weighted by atomic mass is 19.1. The van der Waals surface area contributed by atoms with Crippen LogP contribution in [-0.2, 0) is 6.54 Å². The van der Waals surface area contributed by atoms with Crippen molar-refractivity contribution in [3.63, 3.8) is 0 Å². The number of hydrogen-bond acceptors (Lipinski definition) is 3. The molecule has 1 atom stereocenters. The monoisotopic (exact) mass is 593 g/mol. The van der Waals surface area contributed by atoms with Crippen LogP contribution in [0.25, 0.3) is 33.2 Å². The van der Waals surface area contributed by atoms with Gasteiger partial charge in [0.25, 0.3) is 5.91 Å². The van der Waals surface area contributed by atoms with Crippen molar-refractivity contribution in [3.05, 3.63) is 155 Å². The summed E-state index contributed by atoms with van der Waals surface area (Å²) in [5, 5.41) is 22.5. The highest BCUT2D eigenvalue weighted by Gasteiger charge is 2.20. The van der Waals surface area contributed by atoms with Crippen LogP contribution < -0.4 is 5.32 Å². The van der Waals surface area contributed by atoms with Crippen LogP contribution in [0, 0.1) is 17.1 Å². The molecule has 0 saturated heterocycles. The lowest BCUT2D eigenvalue weighted by atomic mass is 9.98. The van der Waals surface area contributed by atoms with Gasteiger partial charge >= 0.3 is 5.97 Å². The first kappa shape index (κ1) is 29.1. The number of carboxylic acids is 1. The van der Waals surface area contributed by atoms with E-state index in [0.29, 0.717) is 28.8 Å². The summed E-state index contributed by atoms with van der Waals surface area (Å²) in [6.45, 7) is 2.34. The number of carbonyl (C=O) groups excluding carboxylic acids is 1. The third-order valence-electron chi connectivity index (χ3n) is 7.86. The van der Waals surface area contributed by atoms with Crippen LogP contribution in [0.1, 0.15) is 50.4 Å². The van der Waals surface area contributed by atoms with Gasteiger partial charge in [-0.2, -0.15) is 5.26 Å². The Hall–Kier alpha value is -6.00. The van der Waals surface area contributed by atoms with Crippen molar-refractivity contribution in [1.82, 2.24) is 9.88 Å². The molecule has 0 unspecified atom stereocenters. The Bertz CT molecular complexity index is 2090. The van der Waals surface area contributed by atoms with Gasteiger partial charge in [-0.1, -0.05) is 60.7 Å². The Balaban J connectivity index is 1.41. The fourth-order valence-electron chi connectivity index (χ4n) is 5.59. The van der Waals surface area contributed by atoms with E-state index in [1.54, 1.807) is 24.3 Å². The van der Waals surface area contributed by atoms with Crippen LogP contribution in [0.4, 0.5) is 4.39 Å². The van der Waals surface area contributed by atoms with Gasteiger partial charge in [0.05, 0.1) is 34.3 Å². The summed E-state index contributed by atoms with van der Waals surface area (Å²) >= 11 is 0.